The number of aryl methyl sites for hydroxylation is 1. The van der Waals surface area contributed by atoms with Crippen molar-refractivity contribution in [1.82, 2.24) is 20.4 Å². The molecule has 0 spiro atoms. The maximum Gasteiger partial charge on any atom is 0.227 e. The van der Waals surface area contributed by atoms with Crippen molar-refractivity contribution in [2.45, 2.75) is 40.2 Å². The summed E-state index contributed by atoms with van der Waals surface area (Å²) in [5.74, 6) is 1.47. The summed E-state index contributed by atoms with van der Waals surface area (Å²) in [6, 6.07) is 0.552. The molecule has 5 heteroatoms. The van der Waals surface area contributed by atoms with Gasteiger partial charge in [0.15, 0.2) is 5.82 Å². The lowest BCUT2D eigenvalue weighted by molar-refractivity contribution is 0.133. The third-order valence-electron chi connectivity index (χ3n) is 3.52. The van der Waals surface area contributed by atoms with Gasteiger partial charge in [-0.2, -0.15) is 4.98 Å². The van der Waals surface area contributed by atoms with Crippen molar-refractivity contribution >= 4 is 0 Å². The Morgan fingerprint density at radius 3 is 2.83 bits per heavy atom. The largest absolute Gasteiger partial charge is 0.339 e. The minimum atomic E-state index is 0.305. The van der Waals surface area contributed by atoms with Crippen LogP contribution in [0.1, 0.15) is 32.5 Å². The summed E-state index contributed by atoms with van der Waals surface area (Å²) in [5.41, 5.74) is 0.305. The molecule has 0 saturated carbocycles. The number of nitrogens with zero attached hydrogens (tertiary/aromatic N) is 3. The molecule has 1 N–H and O–H groups in total. The molecule has 1 aliphatic heterocycles. The van der Waals surface area contributed by atoms with Gasteiger partial charge in [0.25, 0.3) is 0 Å². The first-order valence-corrected chi connectivity index (χ1v) is 6.70. The van der Waals surface area contributed by atoms with Crippen LogP contribution in [-0.2, 0) is 6.42 Å². The summed E-state index contributed by atoms with van der Waals surface area (Å²) in [6.45, 7) is 13.0. The lowest BCUT2D eigenvalue weighted by Crippen LogP contribution is -2.56. The lowest BCUT2D eigenvalue weighted by atomic mass is 9.85. The Kier molecular flexibility index (Phi) is 4.02. The van der Waals surface area contributed by atoms with Gasteiger partial charge in [0.2, 0.25) is 5.89 Å². The van der Waals surface area contributed by atoms with Gasteiger partial charge in [0, 0.05) is 38.6 Å². The summed E-state index contributed by atoms with van der Waals surface area (Å²) in [6.07, 6.45) is 0.845. The van der Waals surface area contributed by atoms with Gasteiger partial charge in [-0.1, -0.05) is 25.9 Å². The van der Waals surface area contributed by atoms with Gasteiger partial charge in [0.1, 0.15) is 0 Å². The third kappa shape index (κ3) is 3.53. The van der Waals surface area contributed by atoms with E-state index in [-0.39, 0.29) is 0 Å². The monoisotopic (exact) mass is 252 g/mol. The van der Waals surface area contributed by atoms with Gasteiger partial charge in [-0.05, 0) is 12.3 Å². The predicted molar refractivity (Wildman–Crippen MR) is 70.4 cm³/mol. The fourth-order valence-corrected chi connectivity index (χ4v) is 2.29. The third-order valence-corrected chi connectivity index (χ3v) is 3.52. The van der Waals surface area contributed by atoms with Crippen LogP contribution in [0.25, 0.3) is 0 Å². The van der Waals surface area contributed by atoms with E-state index in [4.69, 9.17) is 4.52 Å². The summed E-state index contributed by atoms with van der Waals surface area (Å²) >= 11 is 0. The molecule has 1 saturated heterocycles. The highest BCUT2D eigenvalue weighted by atomic mass is 16.5. The molecule has 1 aromatic heterocycles. The smallest absolute Gasteiger partial charge is 0.227 e. The second kappa shape index (κ2) is 5.36. The Hall–Kier alpha value is -0.940. The minimum Gasteiger partial charge on any atom is -0.339 e. The van der Waals surface area contributed by atoms with Crippen molar-refractivity contribution in [2.75, 3.05) is 26.2 Å². The van der Waals surface area contributed by atoms with Crippen molar-refractivity contribution < 1.29 is 4.52 Å². The molecule has 0 bridgehead atoms. The van der Waals surface area contributed by atoms with Gasteiger partial charge >= 0.3 is 0 Å². The van der Waals surface area contributed by atoms with Gasteiger partial charge in [-0.3, -0.25) is 4.90 Å². The molecule has 1 unspecified atom stereocenters. The molecule has 0 aliphatic carbocycles. The number of piperazine rings is 1. The first-order valence-electron chi connectivity index (χ1n) is 6.70. The number of rotatable bonds is 3. The maximum absolute atomic E-state index is 5.15. The molecule has 102 valence electrons. The number of hydrogen-bond acceptors (Lipinski definition) is 5. The van der Waals surface area contributed by atoms with Crippen LogP contribution in [0.5, 0.6) is 0 Å². The molecule has 5 nitrogen and oxygen atoms in total. The molecule has 1 fully saturated rings. The molecule has 2 heterocycles. The van der Waals surface area contributed by atoms with Crippen LogP contribution >= 0.6 is 0 Å². The van der Waals surface area contributed by atoms with Gasteiger partial charge in [-0.15, -0.1) is 0 Å². The molecular weight excluding hydrogens is 228 g/mol. The zero-order valence-corrected chi connectivity index (χ0v) is 11.9. The van der Waals surface area contributed by atoms with Gasteiger partial charge < -0.3 is 9.84 Å². The van der Waals surface area contributed by atoms with Crippen LogP contribution in [0.4, 0.5) is 0 Å². The lowest BCUT2D eigenvalue weighted by Gasteiger charge is -2.40. The minimum absolute atomic E-state index is 0.305. The zero-order valence-electron chi connectivity index (χ0n) is 11.9. The van der Waals surface area contributed by atoms with Crippen molar-refractivity contribution in [1.29, 1.82) is 0 Å². The van der Waals surface area contributed by atoms with E-state index in [1.807, 2.05) is 6.92 Å². The van der Waals surface area contributed by atoms with Crippen molar-refractivity contribution in [3.05, 3.63) is 11.7 Å². The van der Waals surface area contributed by atoms with Crippen molar-refractivity contribution in [3.8, 4) is 0 Å². The van der Waals surface area contributed by atoms with Crippen LogP contribution in [0.15, 0.2) is 4.52 Å². The van der Waals surface area contributed by atoms with Crippen LogP contribution in [0, 0.1) is 12.3 Å². The molecule has 1 aliphatic rings. The Morgan fingerprint density at radius 1 is 1.44 bits per heavy atom. The highest BCUT2D eigenvalue weighted by molar-refractivity contribution is 4.89. The van der Waals surface area contributed by atoms with E-state index < -0.39 is 0 Å². The second-order valence-electron chi connectivity index (χ2n) is 6.16. The highest BCUT2D eigenvalue weighted by Gasteiger charge is 2.29. The van der Waals surface area contributed by atoms with E-state index in [1.165, 1.54) is 0 Å². The normalized spacial score (nSPS) is 22.3. The first-order chi connectivity index (χ1) is 8.45. The Balaban J connectivity index is 1.83. The Bertz CT molecular complexity index is 383. The van der Waals surface area contributed by atoms with E-state index in [0.717, 1.165) is 44.3 Å². The van der Waals surface area contributed by atoms with Crippen molar-refractivity contribution in [3.63, 3.8) is 0 Å². The molecule has 0 radical (unpaired) electrons. The fraction of sp³-hybridized carbons (Fsp3) is 0.846. The number of aromatic nitrogens is 2. The summed E-state index contributed by atoms with van der Waals surface area (Å²) in [7, 11) is 0. The van der Waals surface area contributed by atoms with Crippen molar-refractivity contribution in [2.24, 2.45) is 5.41 Å². The first kappa shape index (κ1) is 13.5. The molecule has 0 amide bonds. The average Bonchev–Trinajstić information content (AvgIpc) is 2.72. The van der Waals surface area contributed by atoms with Crippen LogP contribution in [-0.4, -0.2) is 47.3 Å². The number of nitrogens with one attached hydrogen (secondary N) is 1. The Morgan fingerprint density at radius 2 is 2.22 bits per heavy atom. The second-order valence-corrected chi connectivity index (χ2v) is 6.16. The van der Waals surface area contributed by atoms with E-state index in [2.05, 4.69) is 41.1 Å². The van der Waals surface area contributed by atoms with E-state index in [1.54, 1.807) is 0 Å². The van der Waals surface area contributed by atoms with E-state index >= 15 is 0 Å². The molecule has 18 heavy (non-hydrogen) atoms. The molecule has 1 atom stereocenters. The number of hydrogen-bond donors (Lipinski definition) is 1. The SMILES string of the molecule is Cc1noc(CCN2CCNC(C(C)(C)C)C2)n1. The van der Waals surface area contributed by atoms with E-state index in [0.29, 0.717) is 11.5 Å². The summed E-state index contributed by atoms with van der Waals surface area (Å²) in [4.78, 5) is 6.72. The van der Waals surface area contributed by atoms with Crippen LogP contribution in [0.3, 0.4) is 0 Å². The molecule has 2 rings (SSSR count). The van der Waals surface area contributed by atoms with Gasteiger partial charge in [0.05, 0.1) is 0 Å². The average molecular weight is 252 g/mol. The maximum atomic E-state index is 5.15. The van der Waals surface area contributed by atoms with Gasteiger partial charge in [-0.25, -0.2) is 0 Å². The molecule has 1 aromatic rings. The molecular formula is C13H24N4O. The molecule has 0 aromatic carbocycles. The quantitative estimate of drug-likeness (QED) is 0.877. The standard InChI is InChI=1S/C13H24N4O/c1-10-15-12(18-16-10)5-7-17-8-6-14-11(9-17)13(2,3)4/h11,14H,5-9H2,1-4H3. The topological polar surface area (TPSA) is 54.2 Å². The Labute approximate surface area is 109 Å². The fourth-order valence-electron chi connectivity index (χ4n) is 2.29. The zero-order chi connectivity index (χ0) is 13.2. The van der Waals surface area contributed by atoms with E-state index in [9.17, 15) is 0 Å². The van der Waals surface area contributed by atoms with Crippen LogP contribution in [0.2, 0.25) is 0 Å². The summed E-state index contributed by atoms with van der Waals surface area (Å²) in [5, 5.41) is 7.42. The summed E-state index contributed by atoms with van der Waals surface area (Å²) < 4.78 is 5.15. The highest BCUT2D eigenvalue weighted by Crippen LogP contribution is 2.21. The predicted octanol–water partition coefficient (Wildman–Crippen LogP) is 1.24. The van der Waals surface area contributed by atoms with Crippen LogP contribution < -0.4 is 5.32 Å².